The molecule has 0 fully saturated rings. The number of hydrogen-bond acceptors (Lipinski definition) is 2. The highest BCUT2D eigenvalue weighted by Crippen LogP contribution is 2.16. The summed E-state index contributed by atoms with van der Waals surface area (Å²) in [7, 11) is 1.58. The molecule has 0 amide bonds. The van der Waals surface area contributed by atoms with Gasteiger partial charge >= 0.3 is 6.47 Å². The maximum absolute atomic E-state index is 9.81. The SMILES string of the molecule is COc1ccc([OH+][C-]=O)cc1. The first kappa shape index (κ1) is 7.60. The molecule has 0 saturated heterocycles. The molecule has 0 aliphatic heterocycles. The van der Waals surface area contributed by atoms with Crippen molar-refractivity contribution in [2.45, 2.75) is 0 Å². The lowest BCUT2D eigenvalue weighted by Crippen LogP contribution is -1.84. The van der Waals surface area contributed by atoms with Gasteiger partial charge < -0.3 is 9.47 Å². The minimum Gasteiger partial charge on any atom is -0.677 e. The van der Waals surface area contributed by atoms with Crippen molar-refractivity contribution < 1.29 is 14.3 Å². The molecule has 1 rings (SSSR count). The fraction of sp³-hybridized carbons (Fsp3) is 0.125. The average Bonchev–Trinajstić information content (AvgIpc) is 2.07. The van der Waals surface area contributed by atoms with Gasteiger partial charge in [0.2, 0.25) is 0 Å². The van der Waals surface area contributed by atoms with E-state index in [4.69, 9.17) is 4.74 Å². The van der Waals surface area contributed by atoms with Crippen molar-refractivity contribution in [2.24, 2.45) is 0 Å². The largest absolute Gasteiger partial charge is 0.677 e. The van der Waals surface area contributed by atoms with E-state index in [1.807, 2.05) is 0 Å². The van der Waals surface area contributed by atoms with Crippen molar-refractivity contribution in [3.05, 3.63) is 24.3 Å². The zero-order chi connectivity index (χ0) is 8.10. The van der Waals surface area contributed by atoms with Crippen molar-refractivity contribution in [1.82, 2.24) is 0 Å². The van der Waals surface area contributed by atoms with Gasteiger partial charge in [0.25, 0.3) is 0 Å². The molecule has 0 saturated carbocycles. The lowest BCUT2D eigenvalue weighted by atomic mass is 10.3. The highest BCUT2D eigenvalue weighted by Gasteiger charge is 1.87. The van der Waals surface area contributed by atoms with Crippen LogP contribution in [0.4, 0.5) is 0 Å². The van der Waals surface area contributed by atoms with E-state index in [9.17, 15) is 4.79 Å². The van der Waals surface area contributed by atoms with Crippen LogP contribution in [0.15, 0.2) is 24.3 Å². The Labute approximate surface area is 64.5 Å². The lowest BCUT2D eigenvalue weighted by molar-refractivity contribution is 0.234. The topological polar surface area (TPSA) is 39.1 Å². The van der Waals surface area contributed by atoms with Gasteiger partial charge in [-0.1, -0.05) is 16.9 Å². The van der Waals surface area contributed by atoms with Crippen molar-refractivity contribution in [3.8, 4) is 11.5 Å². The Morgan fingerprint density at radius 3 is 2.45 bits per heavy atom. The van der Waals surface area contributed by atoms with E-state index in [0.717, 1.165) is 5.75 Å². The van der Waals surface area contributed by atoms with Crippen LogP contribution in [0.3, 0.4) is 0 Å². The second kappa shape index (κ2) is 3.61. The minimum atomic E-state index is 0.584. The van der Waals surface area contributed by atoms with Gasteiger partial charge in [0.1, 0.15) is 5.75 Å². The van der Waals surface area contributed by atoms with Crippen molar-refractivity contribution >= 4 is 6.47 Å². The van der Waals surface area contributed by atoms with Crippen LogP contribution in [0.2, 0.25) is 0 Å². The van der Waals surface area contributed by atoms with Crippen LogP contribution in [0.25, 0.3) is 0 Å². The highest BCUT2D eigenvalue weighted by atomic mass is 16.5. The molecule has 0 radical (unpaired) electrons. The smallest absolute Gasteiger partial charge is 0.455 e. The van der Waals surface area contributed by atoms with Crippen molar-refractivity contribution in [2.75, 3.05) is 7.11 Å². The molecule has 1 N–H and O–H groups in total. The normalized spacial score (nSPS) is 8.82. The number of methoxy groups -OCH3 is 1. The predicted octanol–water partition coefficient (Wildman–Crippen LogP) is 1.00. The highest BCUT2D eigenvalue weighted by molar-refractivity contribution is 5.44. The third-order valence-corrected chi connectivity index (χ3v) is 1.25. The molecule has 1 aromatic carbocycles. The zero-order valence-corrected chi connectivity index (χ0v) is 6.07. The van der Waals surface area contributed by atoms with Crippen molar-refractivity contribution in [1.29, 1.82) is 0 Å². The van der Waals surface area contributed by atoms with Crippen LogP contribution in [0, 0.1) is 0 Å². The molecular weight excluding hydrogens is 144 g/mol. The van der Waals surface area contributed by atoms with E-state index in [2.05, 4.69) is 4.74 Å². The first-order chi connectivity index (χ1) is 5.36. The summed E-state index contributed by atoms with van der Waals surface area (Å²) in [5.41, 5.74) is 0. The molecule has 0 aliphatic rings. The Morgan fingerprint density at radius 1 is 1.36 bits per heavy atom. The standard InChI is InChI=1S/C8H8O3/c1-10-7-2-4-8(5-3-7)11-6-9/h2-5,11H,1H3. The van der Waals surface area contributed by atoms with E-state index in [1.165, 1.54) is 6.47 Å². The molecule has 0 heterocycles. The van der Waals surface area contributed by atoms with Crippen LogP contribution >= 0.6 is 0 Å². The fourth-order valence-corrected chi connectivity index (χ4v) is 0.709. The summed E-state index contributed by atoms with van der Waals surface area (Å²) in [5, 5.41) is 0. The van der Waals surface area contributed by atoms with E-state index >= 15 is 0 Å². The van der Waals surface area contributed by atoms with Gasteiger partial charge in [0.15, 0.2) is 0 Å². The third kappa shape index (κ3) is 1.97. The summed E-state index contributed by atoms with van der Waals surface area (Å²) in [5.74, 6) is 1.33. The molecule has 0 unspecified atom stereocenters. The van der Waals surface area contributed by atoms with E-state index < -0.39 is 0 Å². The number of aromatic hydroxyl groups is 1. The van der Waals surface area contributed by atoms with Crippen LogP contribution < -0.4 is 4.74 Å². The van der Waals surface area contributed by atoms with Gasteiger partial charge in [-0.05, 0) is 12.1 Å². The molecule has 0 atom stereocenters. The molecule has 3 nitrogen and oxygen atoms in total. The Balaban J connectivity index is 2.74. The van der Waals surface area contributed by atoms with Gasteiger partial charge in [-0.25, -0.2) is 0 Å². The van der Waals surface area contributed by atoms with Crippen LogP contribution in [-0.4, -0.2) is 18.3 Å². The molecule has 58 valence electrons. The first-order valence-corrected chi connectivity index (χ1v) is 3.09. The molecule has 0 bridgehead atoms. The summed E-state index contributed by atoms with van der Waals surface area (Å²) in [6.07, 6.45) is 0. The van der Waals surface area contributed by atoms with Gasteiger partial charge in [-0.2, -0.15) is 0 Å². The summed E-state index contributed by atoms with van der Waals surface area (Å²) < 4.78 is 8.33. The summed E-state index contributed by atoms with van der Waals surface area (Å²) in [6.45, 7) is 1.46. The quantitative estimate of drug-likeness (QED) is 0.478. The van der Waals surface area contributed by atoms with Crippen molar-refractivity contribution in [3.63, 3.8) is 0 Å². The van der Waals surface area contributed by atoms with Gasteiger partial charge in [0.05, 0.1) is 7.11 Å². The lowest BCUT2D eigenvalue weighted by Gasteiger charge is -2.06. The van der Waals surface area contributed by atoms with Crippen LogP contribution in [-0.2, 0) is 4.79 Å². The molecule has 3 heteroatoms. The number of hydrogen-bond donors (Lipinski definition) is 0. The minimum absolute atomic E-state index is 0.584. The Morgan fingerprint density at radius 2 is 2.00 bits per heavy atom. The Hall–Kier alpha value is -1.51. The molecule has 0 aromatic heterocycles. The average molecular weight is 152 g/mol. The molecule has 0 spiro atoms. The maximum Gasteiger partial charge on any atom is 0.455 e. The first-order valence-electron chi connectivity index (χ1n) is 3.09. The van der Waals surface area contributed by atoms with Gasteiger partial charge in [-0.3, -0.25) is 0 Å². The number of ether oxygens (including phenoxy) is 2. The maximum atomic E-state index is 9.81. The molecule has 0 aliphatic carbocycles. The Kier molecular flexibility index (Phi) is 2.49. The van der Waals surface area contributed by atoms with E-state index in [1.54, 1.807) is 31.4 Å². The fourth-order valence-electron chi connectivity index (χ4n) is 0.709. The van der Waals surface area contributed by atoms with Gasteiger partial charge in [-0.15, -0.1) is 0 Å². The van der Waals surface area contributed by atoms with Crippen LogP contribution in [0.1, 0.15) is 0 Å². The summed E-state index contributed by atoms with van der Waals surface area (Å²) in [6, 6.07) is 6.83. The van der Waals surface area contributed by atoms with E-state index in [-0.39, 0.29) is 0 Å². The van der Waals surface area contributed by atoms with Crippen LogP contribution in [0.5, 0.6) is 11.5 Å². The number of rotatable bonds is 3. The number of benzene rings is 1. The monoisotopic (exact) mass is 152 g/mol. The molecular formula is C8H8O3. The second-order valence-corrected chi connectivity index (χ2v) is 1.90. The predicted molar refractivity (Wildman–Crippen MR) is 40.4 cm³/mol. The van der Waals surface area contributed by atoms with Gasteiger partial charge in [0, 0.05) is 5.75 Å². The third-order valence-electron chi connectivity index (χ3n) is 1.25. The molecule has 11 heavy (non-hydrogen) atoms. The molecule has 1 aromatic rings. The van der Waals surface area contributed by atoms with E-state index in [0.29, 0.717) is 5.75 Å². The zero-order valence-electron chi connectivity index (χ0n) is 6.07. The summed E-state index contributed by atoms with van der Waals surface area (Å²) >= 11 is 0. The Bertz CT molecular complexity index is 228. The second-order valence-electron chi connectivity index (χ2n) is 1.90. The summed E-state index contributed by atoms with van der Waals surface area (Å²) in [4.78, 5) is 9.81.